The zero-order chi connectivity index (χ0) is 10.3. The van der Waals surface area contributed by atoms with Crippen molar-refractivity contribution >= 4 is 0 Å². The fourth-order valence-corrected chi connectivity index (χ4v) is 1.24. The summed E-state index contributed by atoms with van der Waals surface area (Å²) >= 11 is 0. The second kappa shape index (κ2) is 6.01. The lowest BCUT2D eigenvalue weighted by molar-refractivity contribution is 0.122. The standard InChI is InChI=1S/C11H21NO/c1-6-8-13-9-7-12(5)10-11(2,3)4/h1H,7-10H2,2-5H3. The quantitative estimate of drug-likeness (QED) is 0.474. The molecule has 0 heterocycles. The van der Waals surface area contributed by atoms with Gasteiger partial charge in [-0.15, -0.1) is 6.42 Å². The van der Waals surface area contributed by atoms with E-state index in [2.05, 4.69) is 38.6 Å². The molecular formula is C11H21NO. The summed E-state index contributed by atoms with van der Waals surface area (Å²) in [7, 11) is 2.10. The molecule has 13 heavy (non-hydrogen) atoms. The van der Waals surface area contributed by atoms with Crippen LogP contribution < -0.4 is 0 Å². The highest BCUT2D eigenvalue weighted by Crippen LogP contribution is 2.13. The predicted octanol–water partition coefficient (Wildman–Crippen LogP) is 1.61. The molecule has 2 heteroatoms. The molecule has 0 rings (SSSR count). The van der Waals surface area contributed by atoms with E-state index < -0.39 is 0 Å². The van der Waals surface area contributed by atoms with E-state index in [1.165, 1.54) is 0 Å². The van der Waals surface area contributed by atoms with Gasteiger partial charge < -0.3 is 9.64 Å². The van der Waals surface area contributed by atoms with Crippen LogP contribution >= 0.6 is 0 Å². The van der Waals surface area contributed by atoms with Gasteiger partial charge in [0.15, 0.2) is 0 Å². The average molecular weight is 183 g/mol. The zero-order valence-electron chi connectivity index (χ0n) is 9.26. The van der Waals surface area contributed by atoms with Crippen LogP contribution in [0.15, 0.2) is 0 Å². The summed E-state index contributed by atoms with van der Waals surface area (Å²) in [6, 6.07) is 0. The predicted molar refractivity (Wildman–Crippen MR) is 56.6 cm³/mol. The van der Waals surface area contributed by atoms with Crippen molar-refractivity contribution in [2.75, 3.05) is 33.4 Å². The summed E-state index contributed by atoms with van der Waals surface area (Å²) in [5, 5.41) is 0. The molecule has 0 unspecified atom stereocenters. The van der Waals surface area contributed by atoms with Crippen LogP contribution in [0.4, 0.5) is 0 Å². The first kappa shape index (κ1) is 12.5. The topological polar surface area (TPSA) is 12.5 Å². The van der Waals surface area contributed by atoms with Gasteiger partial charge in [-0.3, -0.25) is 0 Å². The molecule has 0 bridgehead atoms. The molecule has 0 aromatic rings. The number of hydrogen-bond donors (Lipinski definition) is 0. The Morgan fingerprint density at radius 2 is 2.00 bits per heavy atom. The molecule has 0 saturated carbocycles. The molecule has 2 nitrogen and oxygen atoms in total. The first-order valence-electron chi connectivity index (χ1n) is 4.65. The van der Waals surface area contributed by atoms with Gasteiger partial charge in [0.05, 0.1) is 6.61 Å². The second-order valence-electron chi connectivity index (χ2n) is 4.56. The van der Waals surface area contributed by atoms with Gasteiger partial charge in [0.25, 0.3) is 0 Å². The molecule has 0 amide bonds. The summed E-state index contributed by atoms with van der Waals surface area (Å²) in [6.45, 7) is 9.84. The van der Waals surface area contributed by atoms with Crippen molar-refractivity contribution in [2.24, 2.45) is 5.41 Å². The first-order chi connectivity index (χ1) is 5.95. The smallest absolute Gasteiger partial charge is 0.107 e. The molecule has 0 aliphatic heterocycles. The fraction of sp³-hybridized carbons (Fsp3) is 0.818. The maximum atomic E-state index is 5.19. The van der Waals surface area contributed by atoms with E-state index in [1.54, 1.807) is 0 Å². The zero-order valence-corrected chi connectivity index (χ0v) is 9.26. The van der Waals surface area contributed by atoms with E-state index in [1.807, 2.05) is 0 Å². The fourth-order valence-electron chi connectivity index (χ4n) is 1.24. The largest absolute Gasteiger partial charge is 0.367 e. The third kappa shape index (κ3) is 9.39. The van der Waals surface area contributed by atoms with Crippen LogP contribution in [0, 0.1) is 17.8 Å². The summed E-state index contributed by atoms with van der Waals surface area (Å²) in [5.74, 6) is 2.45. The Morgan fingerprint density at radius 1 is 1.38 bits per heavy atom. The van der Waals surface area contributed by atoms with Crippen molar-refractivity contribution < 1.29 is 4.74 Å². The van der Waals surface area contributed by atoms with Crippen molar-refractivity contribution in [1.82, 2.24) is 4.90 Å². The molecule has 0 aliphatic carbocycles. The lowest BCUT2D eigenvalue weighted by Gasteiger charge is -2.26. The van der Waals surface area contributed by atoms with Crippen LogP contribution in [0.1, 0.15) is 20.8 Å². The number of hydrogen-bond acceptors (Lipinski definition) is 2. The third-order valence-corrected chi connectivity index (χ3v) is 1.55. The minimum Gasteiger partial charge on any atom is -0.367 e. The molecule has 0 aromatic carbocycles. The van der Waals surface area contributed by atoms with E-state index in [4.69, 9.17) is 11.2 Å². The lowest BCUT2D eigenvalue weighted by Crippen LogP contribution is -2.31. The van der Waals surface area contributed by atoms with Gasteiger partial charge in [-0.25, -0.2) is 0 Å². The minimum absolute atomic E-state index is 0.348. The van der Waals surface area contributed by atoms with Crippen LogP contribution in [-0.4, -0.2) is 38.3 Å². The van der Waals surface area contributed by atoms with Gasteiger partial charge in [0.1, 0.15) is 6.61 Å². The highest BCUT2D eigenvalue weighted by molar-refractivity contribution is 4.82. The summed E-state index contributed by atoms with van der Waals surface area (Å²) < 4.78 is 5.19. The van der Waals surface area contributed by atoms with Gasteiger partial charge >= 0.3 is 0 Å². The number of rotatable bonds is 5. The Hall–Kier alpha value is -0.520. The lowest BCUT2D eigenvalue weighted by atomic mass is 9.96. The van der Waals surface area contributed by atoms with Gasteiger partial charge in [0.2, 0.25) is 0 Å². The van der Waals surface area contributed by atoms with Crippen LogP contribution in [0.5, 0.6) is 0 Å². The van der Waals surface area contributed by atoms with Crippen LogP contribution in [-0.2, 0) is 4.74 Å². The van der Waals surface area contributed by atoms with E-state index in [-0.39, 0.29) is 0 Å². The maximum absolute atomic E-state index is 5.19. The highest BCUT2D eigenvalue weighted by Gasteiger charge is 2.12. The summed E-state index contributed by atoms with van der Waals surface area (Å²) in [4.78, 5) is 2.26. The first-order valence-corrected chi connectivity index (χ1v) is 4.65. The Morgan fingerprint density at radius 3 is 2.46 bits per heavy atom. The highest BCUT2D eigenvalue weighted by atomic mass is 16.5. The van der Waals surface area contributed by atoms with E-state index in [0.29, 0.717) is 12.0 Å². The maximum Gasteiger partial charge on any atom is 0.107 e. The van der Waals surface area contributed by atoms with Crippen molar-refractivity contribution in [3.8, 4) is 12.3 Å². The van der Waals surface area contributed by atoms with Crippen LogP contribution in [0.2, 0.25) is 0 Å². The Bertz CT molecular complexity index is 164. The molecule has 0 saturated heterocycles. The second-order valence-corrected chi connectivity index (χ2v) is 4.56. The van der Waals surface area contributed by atoms with Crippen molar-refractivity contribution in [1.29, 1.82) is 0 Å². The Balaban J connectivity index is 3.42. The van der Waals surface area contributed by atoms with Crippen LogP contribution in [0.25, 0.3) is 0 Å². The number of likely N-dealkylation sites (N-methyl/N-ethyl adjacent to an activating group) is 1. The van der Waals surface area contributed by atoms with Gasteiger partial charge in [-0.1, -0.05) is 26.7 Å². The molecule has 0 radical (unpaired) electrons. The summed E-state index contributed by atoms with van der Waals surface area (Å²) in [5.41, 5.74) is 0.348. The molecule has 0 spiro atoms. The van der Waals surface area contributed by atoms with E-state index in [9.17, 15) is 0 Å². The van der Waals surface area contributed by atoms with Crippen molar-refractivity contribution in [3.05, 3.63) is 0 Å². The van der Waals surface area contributed by atoms with Gasteiger partial charge in [-0.2, -0.15) is 0 Å². The van der Waals surface area contributed by atoms with Gasteiger partial charge in [-0.05, 0) is 12.5 Å². The van der Waals surface area contributed by atoms with Gasteiger partial charge in [0, 0.05) is 13.1 Å². The third-order valence-electron chi connectivity index (χ3n) is 1.55. The van der Waals surface area contributed by atoms with Crippen molar-refractivity contribution in [3.63, 3.8) is 0 Å². The monoisotopic (exact) mass is 183 g/mol. The number of ether oxygens (including phenoxy) is 1. The number of nitrogens with zero attached hydrogens (tertiary/aromatic N) is 1. The molecule has 0 aliphatic rings. The Kier molecular flexibility index (Phi) is 5.77. The molecule has 0 atom stereocenters. The molecule has 76 valence electrons. The Labute approximate surface area is 82.3 Å². The molecule has 0 fully saturated rings. The molecular weight excluding hydrogens is 162 g/mol. The summed E-state index contributed by atoms with van der Waals surface area (Å²) in [6.07, 6.45) is 5.06. The number of terminal acetylenes is 1. The molecule has 0 aromatic heterocycles. The van der Waals surface area contributed by atoms with Crippen LogP contribution in [0.3, 0.4) is 0 Å². The normalized spacial score (nSPS) is 11.7. The molecule has 0 N–H and O–H groups in total. The van der Waals surface area contributed by atoms with E-state index >= 15 is 0 Å². The van der Waals surface area contributed by atoms with E-state index in [0.717, 1.165) is 19.7 Å². The SMILES string of the molecule is C#CCOCCN(C)CC(C)(C)C. The minimum atomic E-state index is 0.348. The van der Waals surface area contributed by atoms with Crippen molar-refractivity contribution in [2.45, 2.75) is 20.8 Å². The average Bonchev–Trinajstić information content (AvgIpc) is 1.94.